The number of rotatable bonds is 6. The number of thiazole rings is 1. The lowest BCUT2D eigenvalue weighted by molar-refractivity contribution is 0.341. The molecule has 98 valence electrons. The number of hydrogen-bond acceptors (Lipinski definition) is 4. The first-order valence-corrected chi connectivity index (χ1v) is 7.38. The second-order valence-electron chi connectivity index (χ2n) is 4.24. The molecule has 0 atom stereocenters. The van der Waals surface area contributed by atoms with E-state index in [1.807, 2.05) is 19.1 Å². The van der Waals surface area contributed by atoms with Crippen LogP contribution in [0.25, 0.3) is 10.2 Å². The maximum absolute atomic E-state index is 5.51. The van der Waals surface area contributed by atoms with Gasteiger partial charge in [0.2, 0.25) is 0 Å². The molecule has 0 spiro atoms. The van der Waals surface area contributed by atoms with E-state index < -0.39 is 0 Å². The van der Waals surface area contributed by atoms with Crippen molar-refractivity contribution in [3.05, 3.63) is 18.2 Å². The summed E-state index contributed by atoms with van der Waals surface area (Å²) in [6.07, 6.45) is 2.24. The number of nitrogens with one attached hydrogen (secondary N) is 1. The highest BCUT2D eigenvalue weighted by molar-refractivity contribution is 7.22. The Morgan fingerprint density at radius 2 is 2.06 bits per heavy atom. The Morgan fingerprint density at radius 3 is 2.72 bits per heavy atom. The number of fused-ring (bicyclic) bond motifs is 1. The van der Waals surface area contributed by atoms with Crippen LogP contribution in [0.4, 0.5) is 5.13 Å². The van der Waals surface area contributed by atoms with Crippen molar-refractivity contribution in [2.45, 2.75) is 39.7 Å². The molecule has 18 heavy (non-hydrogen) atoms. The first-order valence-electron chi connectivity index (χ1n) is 6.56. The van der Waals surface area contributed by atoms with E-state index in [9.17, 15) is 0 Å². The van der Waals surface area contributed by atoms with Gasteiger partial charge in [-0.1, -0.05) is 25.2 Å². The molecule has 1 aromatic carbocycles. The van der Waals surface area contributed by atoms with Crippen molar-refractivity contribution in [3.8, 4) is 5.75 Å². The summed E-state index contributed by atoms with van der Waals surface area (Å²) >= 11 is 1.69. The van der Waals surface area contributed by atoms with Gasteiger partial charge in [-0.25, -0.2) is 4.98 Å². The number of ether oxygens (including phenoxy) is 1. The molecule has 0 bridgehead atoms. The van der Waals surface area contributed by atoms with E-state index in [2.05, 4.69) is 30.2 Å². The van der Waals surface area contributed by atoms with Crippen LogP contribution in [0.1, 0.15) is 33.6 Å². The molecule has 0 unspecified atom stereocenters. The molecule has 0 aliphatic carbocycles. The molecule has 2 aromatic rings. The quantitative estimate of drug-likeness (QED) is 0.845. The molecule has 0 radical (unpaired) electrons. The van der Waals surface area contributed by atoms with Crippen molar-refractivity contribution >= 4 is 26.7 Å². The van der Waals surface area contributed by atoms with E-state index >= 15 is 0 Å². The highest BCUT2D eigenvalue weighted by atomic mass is 32.1. The Kier molecular flexibility index (Phi) is 4.42. The van der Waals surface area contributed by atoms with Gasteiger partial charge in [-0.05, 0) is 38.0 Å². The monoisotopic (exact) mass is 264 g/mol. The Bertz CT molecular complexity index is 505. The fourth-order valence-electron chi connectivity index (χ4n) is 1.89. The van der Waals surface area contributed by atoms with Crippen molar-refractivity contribution in [1.82, 2.24) is 4.98 Å². The lowest BCUT2D eigenvalue weighted by Crippen LogP contribution is -2.16. The lowest BCUT2D eigenvalue weighted by atomic mass is 10.2. The summed E-state index contributed by atoms with van der Waals surface area (Å²) in [4.78, 5) is 4.60. The van der Waals surface area contributed by atoms with Gasteiger partial charge in [0.05, 0.1) is 16.8 Å². The minimum atomic E-state index is 0.511. The van der Waals surface area contributed by atoms with Crippen LogP contribution < -0.4 is 10.1 Å². The average Bonchev–Trinajstić information content (AvgIpc) is 2.78. The third kappa shape index (κ3) is 2.93. The predicted octanol–water partition coefficient (Wildman–Crippen LogP) is 4.30. The average molecular weight is 264 g/mol. The van der Waals surface area contributed by atoms with E-state index in [1.165, 1.54) is 4.70 Å². The van der Waals surface area contributed by atoms with Gasteiger partial charge in [0.15, 0.2) is 5.13 Å². The standard InChI is InChI=1S/C14H20N2OS/c1-4-10(5-2)15-14-16-12-8-7-11(17-6-3)9-13(12)18-14/h7-10H,4-6H2,1-3H3,(H,15,16). The minimum absolute atomic E-state index is 0.511. The second-order valence-corrected chi connectivity index (χ2v) is 5.27. The molecular formula is C14H20N2OS. The summed E-state index contributed by atoms with van der Waals surface area (Å²) in [6, 6.07) is 6.58. The third-order valence-corrected chi connectivity index (χ3v) is 3.93. The van der Waals surface area contributed by atoms with Crippen molar-refractivity contribution < 1.29 is 4.74 Å². The summed E-state index contributed by atoms with van der Waals surface area (Å²) in [6.45, 7) is 7.09. The molecule has 1 aromatic heterocycles. The van der Waals surface area contributed by atoms with Crippen LogP contribution in [0.15, 0.2) is 18.2 Å². The number of anilines is 1. The van der Waals surface area contributed by atoms with Gasteiger partial charge >= 0.3 is 0 Å². The Labute approximate surface area is 112 Å². The molecule has 0 fully saturated rings. The zero-order valence-corrected chi connectivity index (χ0v) is 12.0. The molecule has 0 aliphatic heterocycles. The van der Waals surface area contributed by atoms with E-state index in [1.54, 1.807) is 11.3 Å². The van der Waals surface area contributed by atoms with Crippen LogP contribution in [0.3, 0.4) is 0 Å². The fourth-order valence-corrected chi connectivity index (χ4v) is 2.86. The predicted molar refractivity (Wildman–Crippen MR) is 78.8 cm³/mol. The van der Waals surface area contributed by atoms with E-state index in [0.717, 1.165) is 29.2 Å². The topological polar surface area (TPSA) is 34.1 Å². The largest absolute Gasteiger partial charge is 0.494 e. The summed E-state index contributed by atoms with van der Waals surface area (Å²) < 4.78 is 6.68. The minimum Gasteiger partial charge on any atom is -0.494 e. The first kappa shape index (κ1) is 13.1. The van der Waals surface area contributed by atoms with Crippen LogP contribution in [-0.2, 0) is 0 Å². The summed E-state index contributed by atoms with van der Waals surface area (Å²) in [5.41, 5.74) is 1.04. The van der Waals surface area contributed by atoms with Crippen LogP contribution in [-0.4, -0.2) is 17.6 Å². The normalized spacial score (nSPS) is 11.1. The Hall–Kier alpha value is -1.29. The van der Waals surface area contributed by atoms with Crippen LogP contribution in [0, 0.1) is 0 Å². The molecule has 1 heterocycles. The van der Waals surface area contributed by atoms with Crippen LogP contribution in [0.5, 0.6) is 5.75 Å². The van der Waals surface area contributed by atoms with Crippen LogP contribution in [0.2, 0.25) is 0 Å². The lowest BCUT2D eigenvalue weighted by Gasteiger charge is -2.12. The van der Waals surface area contributed by atoms with Gasteiger partial charge in [-0.15, -0.1) is 0 Å². The first-order chi connectivity index (χ1) is 8.76. The highest BCUT2D eigenvalue weighted by Crippen LogP contribution is 2.30. The number of benzene rings is 1. The fraction of sp³-hybridized carbons (Fsp3) is 0.500. The molecule has 1 N–H and O–H groups in total. The van der Waals surface area contributed by atoms with Crippen molar-refractivity contribution in [1.29, 1.82) is 0 Å². The van der Waals surface area contributed by atoms with Gasteiger partial charge in [-0.2, -0.15) is 0 Å². The second kappa shape index (κ2) is 6.05. The van der Waals surface area contributed by atoms with Gasteiger partial charge in [0, 0.05) is 6.04 Å². The van der Waals surface area contributed by atoms with E-state index in [-0.39, 0.29) is 0 Å². The van der Waals surface area contributed by atoms with Gasteiger partial charge in [-0.3, -0.25) is 0 Å². The zero-order chi connectivity index (χ0) is 13.0. The highest BCUT2D eigenvalue weighted by Gasteiger charge is 2.08. The molecule has 2 rings (SSSR count). The maximum atomic E-state index is 5.51. The Balaban J connectivity index is 2.21. The molecular weight excluding hydrogens is 244 g/mol. The molecule has 0 saturated carbocycles. The van der Waals surface area contributed by atoms with Crippen molar-refractivity contribution in [3.63, 3.8) is 0 Å². The molecule has 3 nitrogen and oxygen atoms in total. The smallest absolute Gasteiger partial charge is 0.184 e. The number of hydrogen-bond donors (Lipinski definition) is 1. The molecule has 0 aliphatic rings. The third-order valence-electron chi connectivity index (χ3n) is 2.98. The Morgan fingerprint density at radius 1 is 1.28 bits per heavy atom. The van der Waals surface area contributed by atoms with Crippen molar-refractivity contribution in [2.24, 2.45) is 0 Å². The van der Waals surface area contributed by atoms with Gasteiger partial charge in [0.1, 0.15) is 5.75 Å². The SMILES string of the molecule is CCOc1ccc2nc(NC(CC)CC)sc2c1. The molecule has 0 saturated heterocycles. The summed E-state index contributed by atoms with van der Waals surface area (Å²) in [7, 11) is 0. The van der Waals surface area contributed by atoms with E-state index in [0.29, 0.717) is 12.6 Å². The van der Waals surface area contributed by atoms with Gasteiger partial charge < -0.3 is 10.1 Å². The number of aromatic nitrogens is 1. The summed E-state index contributed by atoms with van der Waals surface area (Å²) in [5, 5.41) is 4.49. The molecule has 4 heteroatoms. The van der Waals surface area contributed by atoms with E-state index in [4.69, 9.17) is 4.74 Å². The van der Waals surface area contributed by atoms with Crippen molar-refractivity contribution in [2.75, 3.05) is 11.9 Å². The number of nitrogens with zero attached hydrogens (tertiary/aromatic N) is 1. The van der Waals surface area contributed by atoms with Crippen LogP contribution >= 0.6 is 11.3 Å². The summed E-state index contributed by atoms with van der Waals surface area (Å²) in [5.74, 6) is 0.919. The van der Waals surface area contributed by atoms with Gasteiger partial charge in [0.25, 0.3) is 0 Å². The zero-order valence-electron chi connectivity index (χ0n) is 11.2. The maximum Gasteiger partial charge on any atom is 0.184 e. The molecule has 0 amide bonds.